The fraction of sp³-hybridized carbons (Fsp3) is 0.467. The van der Waals surface area contributed by atoms with Crippen LogP contribution in [0, 0.1) is 11.3 Å². The quantitative estimate of drug-likeness (QED) is 0.831. The molecule has 1 unspecified atom stereocenters. The summed E-state index contributed by atoms with van der Waals surface area (Å²) in [5, 5.41) is 5.65. The summed E-state index contributed by atoms with van der Waals surface area (Å²) >= 11 is 12.0. The van der Waals surface area contributed by atoms with Crippen LogP contribution in [-0.2, 0) is 9.59 Å². The molecule has 2 N–H and O–H groups in total. The van der Waals surface area contributed by atoms with E-state index in [0.29, 0.717) is 17.8 Å². The van der Waals surface area contributed by atoms with E-state index in [0.717, 1.165) is 12.8 Å². The molecule has 21 heavy (non-hydrogen) atoms. The van der Waals surface area contributed by atoms with Crippen molar-refractivity contribution in [3.8, 4) is 0 Å². The second-order valence-electron chi connectivity index (χ2n) is 6.01. The highest BCUT2D eigenvalue weighted by molar-refractivity contribution is 6.53. The van der Waals surface area contributed by atoms with Crippen LogP contribution in [0.3, 0.4) is 0 Å². The van der Waals surface area contributed by atoms with Crippen molar-refractivity contribution < 1.29 is 9.59 Å². The maximum Gasteiger partial charge on any atom is 0.233 e. The summed E-state index contributed by atoms with van der Waals surface area (Å²) in [4.78, 5) is 23.9. The monoisotopic (exact) mass is 326 g/mol. The topological polar surface area (TPSA) is 58.2 Å². The minimum Gasteiger partial charge on any atom is -0.326 e. The summed E-state index contributed by atoms with van der Waals surface area (Å²) in [6, 6.07) is 7.07. The van der Waals surface area contributed by atoms with Crippen LogP contribution in [0.25, 0.3) is 0 Å². The van der Waals surface area contributed by atoms with E-state index in [4.69, 9.17) is 23.2 Å². The lowest BCUT2D eigenvalue weighted by Crippen LogP contribution is -2.26. The van der Waals surface area contributed by atoms with Crippen LogP contribution in [-0.4, -0.2) is 16.1 Å². The number of carbonyl (C=O) groups excluding carboxylic acids is 2. The van der Waals surface area contributed by atoms with Crippen molar-refractivity contribution in [1.82, 2.24) is 0 Å². The molecular formula is C15H16Cl2N2O2. The largest absolute Gasteiger partial charge is 0.326 e. The number of carbonyl (C=O) groups is 2. The molecule has 0 radical (unpaired) electrons. The summed E-state index contributed by atoms with van der Waals surface area (Å²) in [6.07, 6.45) is 2.34. The van der Waals surface area contributed by atoms with Crippen molar-refractivity contribution in [3.63, 3.8) is 0 Å². The van der Waals surface area contributed by atoms with Gasteiger partial charge in [-0.2, -0.15) is 0 Å². The highest BCUT2D eigenvalue weighted by Crippen LogP contribution is 2.64. The van der Waals surface area contributed by atoms with Gasteiger partial charge in [-0.15, -0.1) is 23.2 Å². The van der Waals surface area contributed by atoms with Gasteiger partial charge in [0, 0.05) is 17.3 Å². The van der Waals surface area contributed by atoms with Crippen molar-refractivity contribution in [2.45, 2.75) is 30.5 Å². The molecule has 4 nitrogen and oxygen atoms in total. The van der Waals surface area contributed by atoms with E-state index in [9.17, 15) is 9.59 Å². The van der Waals surface area contributed by atoms with E-state index in [1.807, 2.05) is 0 Å². The van der Waals surface area contributed by atoms with Crippen molar-refractivity contribution >= 4 is 46.4 Å². The molecule has 2 aliphatic carbocycles. The molecular weight excluding hydrogens is 311 g/mol. The molecule has 2 fully saturated rings. The Kier molecular flexibility index (Phi) is 3.41. The number of anilines is 2. The maximum atomic E-state index is 12.2. The van der Waals surface area contributed by atoms with Crippen LogP contribution in [0.15, 0.2) is 24.3 Å². The highest BCUT2D eigenvalue weighted by atomic mass is 35.5. The van der Waals surface area contributed by atoms with Gasteiger partial charge >= 0.3 is 0 Å². The van der Waals surface area contributed by atoms with Crippen molar-refractivity contribution in [2.24, 2.45) is 11.3 Å². The third-order valence-corrected chi connectivity index (χ3v) is 5.20. The fourth-order valence-electron chi connectivity index (χ4n) is 2.18. The van der Waals surface area contributed by atoms with Gasteiger partial charge in [0.05, 0.1) is 5.41 Å². The summed E-state index contributed by atoms with van der Waals surface area (Å²) < 4.78 is -0.991. The Labute approximate surface area is 133 Å². The molecule has 0 spiro atoms. The van der Waals surface area contributed by atoms with Crippen LogP contribution in [0.2, 0.25) is 0 Å². The summed E-state index contributed by atoms with van der Waals surface area (Å²) in [7, 11) is 0. The Morgan fingerprint density at radius 2 is 1.76 bits per heavy atom. The maximum absolute atomic E-state index is 12.2. The second-order valence-corrected chi connectivity index (χ2v) is 7.50. The van der Waals surface area contributed by atoms with Gasteiger partial charge in [0.1, 0.15) is 4.33 Å². The lowest BCUT2D eigenvalue weighted by Gasteiger charge is -2.13. The first-order valence-corrected chi connectivity index (χ1v) is 7.68. The van der Waals surface area contributed by atoms with Gasteiger partial charge in [0.25, 0.3) is 0 Å². The Bertz CT molecular complexity index is 613. The van der Waals surface area contributed by atoms with E-state index in [2.05, 4.69) is 10.6 Å². The van der Waals surface area contributed by atoms with Gasteiger partial charge in [0.2, 0.25) is 11.8 Å². The zero-order valence-corrected chi connectivity index (χ0v) is 13.1. The number of amides is 2. The van der Waals surface area contributed by atoms with Crippen LogP contribution in [0.4, 0.5) is 11.4 Å². The molecule has 2 saturated carbocycles. The van der Waals surface area contributed by atoms with E-state index in [-0.39, 0.29) is 17.7 Å². The SMILES string of the molecule is CC1(C(=O)Nc2cccc(NC(=O)C3CC3)c2)CC1(Cl)Cl. The lowest BCUT2D eigenvalue weighted by atomic mass is 10.1. The molecule has 0 heterocycles. The average Bonchev–Trinajstić information content (AvgIpc) is 3.28. The zero-order chi connectivity index (χ0) is 15.3. The molecule has 0 bridgehead atoms. The van der Waals surface area contributed by atoms with Gasteiger partial charge in [-0.25, -0.2) is 0 Å². The summed E-state index contributed by atoms with van der Waals surface area (Å²) in [5.41, 5.74) is 0.531. The lowest BCUT2D eigenvalue weighted by molar-refractivity contribution is -0.120. The number of alkyl halides is 2. The number of benzene rings is 1. The molecule has 6 heteroatoms. The van der Waals surface area contributed by atoms with Gasteiger partial charge in [-0.1, -0.05) is 6.07 Å². The Hall–Kier alpha value is -1.26. The molecule has 3 rings (SSSR count). The highest BCUT2D eigenvalue weighted by Gasteiger charge is 2.67. The minimum absolute atomic E-state index is 0.0353. The standard InChI is InChI=1S/C15H16Cl2N2O2/c1-14(8-15(14,16)17)13(21)19-11-4-2-3-10(7-11)18-12(20)9-5-6-9/h2-4,7,9H,5-6,8H2,1H3,(H,18,20)(H,19,21). The van der Waals surface area contributed by atoms with Crippen LogP contribution >= 0.6 is 23.2 Å². The number of hydrogen-bond donors (Lipinski definition) is 2. The molecule has 2 amide bonds. The smallest absolute Gasteiger partial charge is 0.233 e. The number of rotatable bonds is 4. The normalized spacial score (nSPS) is 26.0. The van der Waals surface area contributed by atoms with E-state index < -0.39 is 9.75 Å². The average molecular weight is 327 g/mol. The van der Waals surface area contributed by atoms with Crippen molar-refractivity contribution in [1.29, 1.82) is 0 Å². The first kappa shape index (κ1) is 14.7. The van der Waals surface area contributed by atoms with Crippen LogP contribution < -0.4 is 10.6 Å². The predicted molar refractivity (Wildman–Crippen MR) is 83.6 cm³/mol. The minimum atomic E-state index is -0.991. The van der Waals surface area contributed by atoms with E-state index in [1.165, 1.54) is 0 Å². The molecule has 1 aromatic rings. The molecule has 112 valence electrons. The van der Waals surface area contributed by atoms with Gasteiger partial charge in [-0.3, -0.25) is 9.59 Å². The molecule has 0 aromatic heterocycles. The molecule has 1 aromatic carbocycles. The summed E-state index contributed by atoms with van der Waals surface area (Å²) in [5.74, 6) is -0.0342. The van der Waals surface area contributed by atoms with Gasteiger partial charge in [0.15, 0.2) is 0 Å². The van der Waals surface area contributed by atoms with Crippen molar-refractivity contribution in [3.05, 3.63) is 24.3 Å². The van der Waals surface area contributed by atoms with E-state index in [1.54, 1.807) is 31.2 Å². The Morgan fingerprint density at radius 3 is 2.29 bits per heavy atom. The van der Waals surface area contributed by atoms with Crippen molar-refractivity contribution in [2.75, 3.05) is 10.6 Å². The predicted octanol–water partition coefficient (Wildman–Crippen LogP) is 3.56. The number of halogens is 2. The van der Waals surface area contributed by atoms with E-state index >= 15 is 0 Å². The third-order valence-electron chi connectivity index (χ3n) is 4.10. The molecule has 1 atom stereocenters. The van der Waals surface area contributed by atoms with Crippen LogP contribution in [0.5, 0.6) is 0 Å². The Morgan fingerprint density at radius 1 is 1.19 bits per heavy atom. The van der Waals surface area contributed by atoms with Gasteiger partial charge in [-0.05, 0) is 44.4 Å². The fourth-order valence-corrected chi connectivity index (χ4v) is 2.89. The number of hydrogen-bond acceptors (Lipinski definition) is 2. The zero-order valence-electron chi connectivity index (χ0n) is 11.6. The third kappa shape index (κ3) is 2.87. The summed E-state index contributed by atoms with van der Waals surface area (Å²) in [6.45, 7) is 1.74. The molecule has 0 aliphatic heterocycles. The molecule has 2 aliphatic rings. The first-order valence-electron chi connectivity index (χ1n) is 6.92. The number of nitrogens with one attached hydrogen (secondary N) is 2. The Balaban J connectivity index is 1.66. The van der Waals surface area contributed by atoms with Crippen LogP contribution in [0.1, 0.15) is 26.2 Å². The molecule has 0 saturated heterocycles. The first-order chi connectivity index (χ1) is 9.82. The second kappa shape index (κ2) is 4.89. The van der Waals surface area contributed by atoms with Gasteiger partial charge < -0.3 is 10.6 Å².